The zero-order valence-corrected chi connectivity index (χ0v) is 13.9. The quantitative estimate of drug-likeness (QED) is 0.632. The first-order valence-corrected chi connectivity index (χ1v) is 8.49. The standard InChI is InChI=1S/C15H24ClNO2S/c1-3-20-10-4-8-19-15-6-5-13(11-14(15)16)12-17-7-9-18-2/h5-6,11,17H,3-4,7-10,12H2,1-2H3. The Kier molecular flexibility index (Phi) is 9.93. The Bertz CT molecular complexity index is 377. The van der Waals surface area contributed by atoms with Crippen LogP contribution in [0.4, 0.5) is 0 Å². The van der Waals surface area contributed by atoms with Gasteiger partial charge in [0.15, 0.2) is 0 Å². The molecule has 114 valence electrons. The summed E-state index contributed by atoms with van der Waals surface area (Å²) in [6.45, 7) is 5.22. The molecule has 0 fully saturated rings. The number of thioether (sulfide) groups is 1. The van der Waals surface area contributed by atoms with Gasteiger partial charge in [0.1, 0.15) is 5.75 Å². The van der Waals surface area contributed by atoms with Gasteiger partial charge in [-0.05, 0) is 35.6 Å². The lowest BCUT2D eigenvalue weighted by Crippen LogP contribution is -2.18. The maximum absolute atomic E-state index is 6.23. The average molecular weight is 318 g/mol. The Hall–Kier alpha value is -0.420. The van der Waals surface area contributed by atoms with E-state index in [1.165, 1.54) is 0 Å². The summed E-state index contributed by atoms with van der Waals surface area (Å²) < 4.78 is 10.7. The summed E-state index contributed by atoms with van der Waals surface area (Å²) in [6, 6.07) is 5.95. The second kappa shape index (κ2) is 11.3. The molecule has 0 atom stereocenters. The summed E-state index contributed by atoms with van der Waals surface area (Å²) in [5.41, 5.74) is 1.15. The number of rotatable bonds is 11. The minimum Gasteiger partial charge on any atom is -0.492 e. The Labute approximate surface area is 131 Å². The van der Waals surface area contributed by atoms with E-state index < -0.39 is 0 Å². The van der Waals surface area contributed by atoms with Crippen molar-refractivity contribution < 1.29 is 9.47 Å². The van der Waals surface area contributed by atoms with Crippen molar-refractivity contribution in [2.75, 3.05) is 38.4 Å². The molecular weight excluding hydrogens is 294 g/mol. The minimum absolute atomic E-state index is 0.680. The number of ether oxygens (including phenoxy) is 2. The monoisotopic (exact) mass is 317 g/mol. The molecule has 5 heteroatoms. The van der Waals surface area contributed by atoms with Crippen LogP contribution in [0.15, 0.2) is 18.2 Å². The van der Waals surface area contributed by atoms with Crippen molar-refractivity contribution in [3.05, 3.63) is 28.8 Å². The van der Waals surface area contributed by atoms with Gasteiger partial charge in [0.05, 0.1) is 18.2 Å². The number of benzene rings is 1. The van der Waals surface area contributed by atoms with Crippen molar-refractivity contribution in [2.24, 2.45) is 0 Å². The van der Waals surface area contributed by atoms with Gasteiger partial charge in [-0.2, -0.15) is 11.8 Å². The molecule has 0 unspecified atom stereocenters. The van der Waals surface area contributed by atoms with E-state index >= 15 is 0 Å². The van der Waals surface area contributed by atoms with Crippen LogP contribution in [0.25, 0.3) is 0 Å². The Morgan fingerprint density at radius 1 is 1.30 bits per heavy atom. The van der Waals surface area contributed by atoms with E-state index in [2.05, 4.69) is 12.2 Å². The predicted octanol–water partition coefficient (Wildman–Crippen LogP) is 3.60. The van der Waals surface area contributed by atoms with Crippen molar-refractivity contribution in [2.45, 2.75) is 19.9 Å². The summed E-state index contributed by atoms with van der Waals surface area (Å²) in [6.07, 6.45) is 1.05. The van der Waals surface area contributed by atoms with Crippen molar-refractivity contribution >= 4 is 23.4 Å². The molecule has 1 rings (SSSR count). The molecule has 0 aliphatic heterocycles. The largest absolute Gasteiger partial charge is 0.492 e. The Morgan fingerprint density at radius 2 is 2.15 bits per heavy atom. The van der Waals surface area contributed by atoms with Crippen molar-refractivity contribution in [3.8, 4) is 5.75 Å². The second-order valence-electron chi connectivity index (χ2n) is 4.33. The fourth-order valence-corrected chi connectivity index (χ4v) is 2.53. The first kappa shape index (κ1) is 17.6. The molecule has 0 heterocycles. The van der Waals surface area contributed by atoms with Crippen LogP contribution < -0.4 is 10.1 Å². The van der Waals surface area contributed by atoms with Gasteiger partial charge in [-0.15, -0.1) is 0 Å². The summed E-state index contributed by atoms with van der Waals surface area (Å²) in [7, 11) is 1.70. The molecule has 0 aliphatic carbocycles. The number of hydrogen-bond acceptors (Lipinski definition) is 4. The van der Waals surface area contributed by atoms with E-state index in [-0.39, 0.29) is 0 Å². The molecule has 0 bridgehead atoms. The van der Waals surface area contributed by atoms with E-state index in [0.29, 0.717) is 11.6 Å². The second-order valence-corrected chi connectivity index (χ2v) is 6.13. The third kappa shape index (κ3) is 7.39. The maximum atomic E-state index is 6.23. The lowest BCUT2D eigenvalue weighted by molar-refractivity contribution is 0.199. The van der Waals surface area contributed by atoms with Gasteiger partial charge in [0, 0.05) is 20.2 Å². The molecule has 0 saturated carbocycles. The third-order valence-electron chi connectivity index (χ3n) is 2.70. The SMILES string of the molecule is CCSCCCOc1ccc(CNCCOC)cc1Cl. The maximum Gasteiger partial charge on any atom is 0.137 e. The summed E-state index contributed by atoms with van der Waals surface area (Å²) >= 11 is 8.16. The Morgan fingerprint density at radius 3 is 2.85 bits per heavy atom. The molecule has 0 aliphatic rings. The Balaban J connectivity index is 2.31. The number of nitrogens with one attached hydrogen (secondary N) is 1. The molecular formula is C15H24ClNO2S. The van der Waals surface area contributed by atoms with E-state index in [4.69, 9.17) is 21.1 Å². The van der Waals surface area contributed by atoms with Crippen LogP contribution in [0.5, 0.6) is 5.75 Å². The highest BCUT2D eigenvalue weighted by molar-refractivity contribution is 7.99. The lowest BCUT2D eigenvalue weighted by atomic mass is 10.2. The molecule has 0 amide bonds. The number of hydrogen-bond donors (Lipinski definition) is 1. The van der Waals surface area contributed by atoms with Gasteiger partial charge >= 0.3 is 0 Å². The molecule has 0 radical (unpaired) electrons. The van der Waals surface area contributed by atoms with E-state index in [1.54, 1.807) is 7.11 Å². The minimum atomic E-state index is 0.680. The van der Waals surface area contributed by atoms with Crippen LogP contribution in [0.2, 0.25) is 5.02 Å². The summed E-state index contributed by atoms with van der Waals surface area (Å²) in [4.78, 5) is 0. The lowest BCUT2D eigenvalue weighted by Gasteiger charge is -2.10. The predicted molar refractivity (Wildman–Crippen MR) is 88.1 cm³/mol. The summed E-state index contributed by atoms with van der Waals surface area (Å²) in [5, 5.41) is 3.97. The number of halogens is 1. The van der Waals surface area contributed by atoms with Gasteiger partial charge in [0.25, 0.3) is 0 Å². The zero-order chi connectivity index (χ0) is 14.6. The first-order valence-electron chi connectivity index (χ1n) is 6.96. The van der Waals surface area contributed by atoms with Crippen molar-refractivity contribution in [3.63, 3.8) is 0 Å². The topological polar surface area (TPSA) is 30.5 Å². The highest BCUT2D eigenvalue weighted by Gasteiger charge is 2.03. The molecule has 0 saturated heterocycles. The smallest absolute Gasteiger partial charge is 0.137 e. The summed E-state index contributed by atoms with van der Waals surface area (Å²) in [5.74, 6) is 3.06. The molecule has 20 heavy (non-hydrogen) atoms. The first-order chi connectivity index (χ1) is 9.77. The van der Waals surface area contributed by atoms with Crippen LogP contribution in [-0.4, -0.2) is 38.4 Å². The zero-order valence-electron chi connectivity index (χ0n) is 12.3. The number of methoxy groups -OCH3 is 1. The fraction of sp³-hybridized carbons (Fsp3) is 0.600. The van der Waals surface area contributed by atoms with E-state index in [0.717, 1.165) is 48.9 Å². The third-order valence-corrected chi connectivity index (χ3v) is 3.98. The van der Waals surface area contributed by atoms with Crippen LogP contribution in [0.1, 0.15) is 18.9 Å². The molecule has 3 nitrogen and oxygen atoms in total. The highest BCUT2D eigenvalue weighted by Crippen LogP contribution is 2.25. The van der Waals surface area contributed by atoms with Gasteiger partial charge in [0.2, 0.25) is 0 Å². The highest BCUT2D eigenvalue weighted by atomic mass is 35.5. The van der Waals surface area contributed by atoms with Gasteiger partial charge in [-0.3, -0.25) is 0 Å². The van der Waals surface area contributed by atoms with E-state index in [9.17, 15) is 0 Å². The van der Waals surface area contributed by atoms with Gasteiger partial charge < -0.3 is 14.8 Å². The van der Waals surface area contributed by atoms with Crippen LogP contribution in [-0.2, 0) is 11.3 Å². The van der Waals surface area contributed by atoms with Gasteiger partial charge in [-0.1, -0.05) is 24.6 Å². The molecule has 1 aromatic carbocycles. The van der Waals surface area contributed by atoms with Crippen LogP contribution in [0, 0.1) is 0 Å². The normalized spacial score (nSPS) is 10.8. The van der Waals surface area contributed by atoms with Crippen LogP contribution >= 0.6 is 23.4 Å². The fourth-order valence-electron chi connectivity index (χ4n) is 1.67. The van der Waals surface area contributed by atoms with E-state index in [1.807, 2.05) is 30.0 Å². The van der Waals surface area contributed by atoms with Crippen molar-refractivity contribution in [1.82, 2.24) is 5.32 Å². The van der Waals surface area contributed by atoms with Crippen LogP contribution in [0.3, 0.4) is 0 Å². The van der Waals surface area contributed by atoms with Gasteiger partial charge in [-0.25, -0.2) is 0 Å². The molecule has 1 aromatic rings. The van der Waals surface area contributed by atoms with Crippen molar-refractivity contribution in [1.29, 1.82) is 0 Å². The molecule has 1 N–H and O–H groups in total. The molecule has 0 aromatic heterocycles. The molecule has 0 spiro atoms. The average Bonchev–Trinajstić information content (AvgIpc) is 2.45.